The van der Waals surface area contributed by atoms with Gasteiger partial charge in [0.25, 0.3) is 0 Å². The molecule has 0 N–H and O–H groups in total. The molecule has 0 spiro atoms. The summed E-state index contributed by atoms with van der Waals surface area (Å²) < 4.78 is 13.8. The SMILES string of the molecule is [Zn+2].c1ccc(C(Oc2ccc3c(c2)-c2nc-3nc3[n-]c(nc4nc(nc5[n-]c(n2)c2ccccc52)-c2ccccc2-4)c2ccc(OC(c4ccccc4)c4ccccc4)cc32)c2ccccc2)cc1. The Morgan fingerprint density at radius 3 is 1.07 bits per heavy atom. The predicted octanol–water partition coefficient (Wildman–Crippen LogP) is 12.5. The topological polar surface area (TPSA) is 124 Å². The molecule has 0 amide bonds. The van der Waals surface area contributed by atoms with Crippen LogP contribution in [0.3, 0.4) is 0 Å². The van der Waals surface area contributed by atoms with Gasteiger partial charge in [-0.2, -0.15) is 0 Å². The van der Waals surface area contributed by atoms with Crippen LogP contribution < -0.4 is 19.4 Å². The number of fused-ring (bicyclic) bond motifs is 20. The molecule has 13 rings (SSSR count). The molecule has 10 nitrogen and oxygen atoms in total. The molecule has 8 aromatic carbocycles. The van der Waals surface area contributed by atoms with E-state index in [1.165, 1.54) is 0 Å². The third kappa shape index (κ3) is 7.69. The van der Waals surface area contributed by atoms with Crippen molar-refractivity contribution in [1.82, 2.24) is 39.9 Å². The largest absolute Gasteiger partial charge is 2.00 e. The molecular weight excluding hydrogens is 906 g/mol. The molecule has 0 fully saturated rings. The van der Waals surface area contributed by atoms with Gasteiger partial charge in [0.1, 0.15) is 23.7 Å². The van der Waals surface area contributed by atoms with Crippen LogP contribution in [0, 0.1) is 0 Å². The van der Waals surface area contributed by atoms with Gasteiger partial charge in [-0.1, -0.05) is 170 Å². The molecular formula is C58H36N8O2Zn. The van der Waals surface area contributed by atoms with Crippen LogP contribution in [0.25, 0.3) is 89.7 Å². The summed E-state index contributed by atoms with van der Waals surface area (Å²) in [5.74, 6) is 3.13. The van der Waals surface area contributed by atoms with Crippen LogP contribution in [0.1, 0.15) is 34.5 Å². The van der Waals surface area contributed by atoms with Gasteiger partial charge in [-0.15, -0.1) is 0 Å². The Hall–Kier alpha value is -8.66. The van der Waals surface area contributed by atoms with Crippen molar-refractivity contribution in [3.05, 3.63) is 229 Å². The van der Waals surface area contributed by atoms with Crippen LogP contribution in [0.2, 0.25) is 0 Å². The summed E-state index contributed by atoms with van der Waals surface area (Å²) >= 11 is 0. The number of aromatic nitrogens is 8. The molecule has 0 aliphatic carbocycles. The fraction of sp³-hybridized carbons (Fsp3) is 0.0345. The molecule has 322 valence electrons. The Labute approximate surface area is 408 Å². The smallest absolute Gasteiger partial charge is 0.481 e. The summed E-state index contributed by atoms with van der Waals surface area (Å²) in [5, 5.41) is 3.19. The summed E-state index contributed by atoms with van der Waals surface area (Å²) in [6.07, 6.45) is -0.741. The van der Waals surface area contributed by atoms with Gasteiger partial charge in [0.05, 0.1) is 23.3 Å². The number of nitrogens with zero attached hydrogens (tertiary/aromatic N) is 8. The summed E-state index contributed by atoms with van der Waals surface area (Å²) in [4.78, 5) is 41.2. The molecule has 3 aromatic heterocycles. The number of benzene rings is 8. The molecule has 0 atom stereocenters. The molecule has 2 aliphatic heterocycles. The molecule has 11 heteroatoms. The zero-order valence-electron chi connectivity index (χ0n) is 36.9. The minimum atomic E-state index is -0.371. The van der Waals surface area contributed by atoms with Crippen molar-refractivity contribution in [3.63, 3.8) is 0 Å². The molecule has 8 bridgehead atoms. The summed E-state index contributed by atoms with van der Waals surface area (Å²) in [6, 6.07) is 68.7. The van der Waals surface area contributed by atoms with Gasteiger partial charge >= 0.3 is 19.5 Å². The number of rotatable bonds is 8. The number of ether oxygens (including phenoxy) is 2. The average molecular weight is 942 g/mol. The van der Waals surface area contributed by atoms with Crippen molar-refractivity contribution in [2.45, 2.75) is 12.2 Å². The molecule has 0 saturated carbocycles. The maximum atomic E-state index is 6.90. The second kappa shape index (κ2) is 17.5. The molecule has 0 saturated heterocycles. The first-order valence-electron chi connectivity index (χ1n) is 22.4. The van der Waals surface area contributed by atoms with Gasteiger partial charge in [-0.05, 0) is 80.2 Å². The van der Waals surface area contributed by atoms with Gasteiger partial charge in [0.2, 0.25) is 0 Å². The van der Waals surface area contributed by atoms with Crippen molar-refractivity contribution in [1.29, 1.82) is 0 Å². The van der Waals surface area contributed by atoms with Crippen molar-refractivity contribution < 1.29 is 29.0 Å². The Bertz CT molecular complexity index is 3810. The summed E-state index contributed by atoms with van der Waals surface area (Å²) in [5.41, 5.74) is 9.14. The molecule has 0 unspecified atom stereocenters. The van der Waals surface area contributed by atoms with Crippen LogP contribution in [-0.4, -0.2) is 29.9 Å². The quantitative estimate of drug-likeness (QED) is 0.136. The van der Waals surface area contributed by atoms with E-state index in [-0.39, 0.29) is 31.7 Å². The zero-order chi connectivity index (χ0) is 45.0. The van der Waals surface area contributed by atoms with E-state index < -0.39 is 0 Å². The molecule has 11 aromatic rings. The van der Waals surface area contributed by atoms with Crippen LogP contribution in [0.5, 0.6) is 11.5 Å². The number of hydrogen-bond acceptors (Lipinski definition) is 8. The van der Waals surface area contributed by atoms with E-state index in [4.69, 9.17) is 49.3 Å². The van der Waals surface area contributed by atoms with E-state index in [2.05, 4.69) is 48.5 Å². The first-order valence-corrected chi connectivity index (χ1v) is 22.4. The fourth-order valence-electron chi connectivity index (χ4n) is 9.11. The predicted molar refractivity (Wildman–Crippen MR) is 265 cm³/mol. The van der Waals surface area contributed by atoms with Gasteiger partial charge in [-0.25, -0.2) is 9.97 Å². The first kappa shape index (κ1) is 41.8. The third-order valence-corrected chi connectivity index (χ3v) is 12.4. The van der Waals surface area contributed by atoms with Gasteiger partial charge < -0.3 is 39.4 Å². The minimum Gasteiger partial charge on any atom is -0.481 e. The van der Waals surface area contributed by atoms with Crippen molar-refractivity contribution >= 4 is 44.1 Å². The van der Waals surface area contributed by atoms with Crippen LogP contribution >= 0.6 is 0 Å². The normalized spacial score (nSPS) is 11.6. The standard InChI is InChI=1S/C58H36N8O2.Zn/c1-5-17-35(18-6-1)49(36-19-7-2-8-20-36)67-39-29-31-45-47(33-39)58-64-55(45)62-53-42-26-14-13-25-41(42)51(60-53)59-52-43-27-15-16-28-44(43)54(61-52)63-57-48-34-40(30-32-46(48)56(65-57)66-58)68-50(37-21-9-3-10-22-37)38-23-11-4-12-24-38;/h1-34,49-50H;/q-2;+2. The van der Waals surface area contributed by atoms with Crippen molar-refractivity contribution in [3.8, 4) is 57.1 Å². The third-order valence-electron chi connectivity index (χ3n) is 12.4. The van der Waals surface area contributed by atoms with Crippen LogP contribution in [-0.2, 0) is 19.5 Å². The van der Waals surface area contributed by atoms with E-state index in [1.807, 2.05) is 158 Å². The molecule has 2 aliphatic rings. The zero-order valence-corrected chi connectivity index (χ0v) is 39.9. The van der Waals surface area contributed by atoms with E-state index in [1.54, 1.807) is 0 Å². The average Bonchev–Trinajstić information content (AvgIpc) is 4.14. The van der Waals surface area contributed by atoms with Crippen molar-refractivity contribution in [2.75, 3.05) is 0 Å². The second-order valence-electron chi connectivity index (χ2n) is 16.6. The van der Waals surface area contributed by atoms with Crippen LogP contribution in [0.4, 0.5) is 0 Å². The monoisotopic (exact) mass is 940 g/mol. The summed E-state index contributed by atoms with van der Waals surface area (Å²) in [6.45, 7) is 0. The second-order valence-corrected chi connectivity index (χ2v) is 16.6. The minimum absolute atomic E-state index is 0. The van der Waals surface area contributed by atoms with Gasteiger partial charge in [-0.3, -0.25) is 0 Å². The Kier molecular flexibility index (Phi) is 10.6. The maximum absolute atomic E-state index is 6.90. The van der Waals surface area contributed by atoms with E-state index in [9.17, 15) is 0 Å². The van der Waals surface area contributed by atoms with E-state index >= 15 is 0 Å². The Morgan fingerprint density at radius 1 is 0.290 bits per heavy atom. The van der Waals surface area contributed by atoms with Crippen molar-refractivity contribution in [2.24, 2.45) is 0 Å². The van der Waals surface area contributed by atoms with Gasteiger partial charge in [0, 0.05) is 44.8 Å². The molecule has 0 radical (unpaired) electrons. The fourth-order valence-corrected chi connectivity index (χ4v) is 9.11. The summed E-state index contributed by atoms with van der Waals surface area (Å²) in [7, 11) is 0. The van der Waals surface area contributed by atoms with E-state index in [0.29, 0.717) is 57.4 Å². The van der Waals surface area contributed by atoms with E-state index in [0.717, 1.165) is 66.1 Å². The first-order chi connectivity index (χ1) is 33.7. The molecule has 5 heterocycles. The molecule has 69 heavy (non-hydrogen) atoms. The Balaban J connectivity index is 0.00000492. The maximum Gasteiger partial charge on any atom is 2.00 e. The van der Waals surface area contributed by atoms with Gasteiger partial charge in [0.15, 0.2) is 0 Å². The Morgan fingerprint density at radius 2 is 0.623 bits per heavy atom. The number of hydrogen-bond donors (Lipinski definition) is 0. The van der Waals surface area contributed by atoms with Crippen LogP contribution in [0.15, 0.2) is 206 Å².